The summed E-state index contributed by atoms with van der Waals surface area (Å²) < 4.78 is 17.5. The lowest BCUT2D eigenvalue weighted by Crippen LogP contribution is -2.19. The van der Waals surface area contributed by atoms with Crippen molar-refractivity contribution in [1.82, 2.24) is 5.32 Å². The second kappa shape index (κ2) is 8.01. The maximum absolute atomic E-state index is 5.71. The van der Waals surface area contributed by atoms with Gasteiger partial charge in [-0.15, -0.1) is 0 Å². The van der Waals surface area contributed by atoms with Gasteiger partial charge in [0.15, 0.2) is 0 Å². The number of methoxy groups -OCH3 is 2. The fourth-order valence-corrected chi connectivity index (χ4v) is 3.32. The highest BCUT2D eigenvalue weighted by molar-refractivity contribution is 9.10. The van der Waals surface area contributed by atoms with Gasteiger partial charge in [-0.25, -0.2) is 0 Å². The van der Waals surface area contributed by atoms with Crippen LogP contribution >= 0.6 is 15.9 Å². The van der Waals surface area contributed by atoms with E-state index in [1.54, 1.807) is 14.2 Å². The highest BCUT2D eigenvalue weighted by atomic mass is 79.9. The summed E-state index contributed by atoms with van der Waals surface area (Å²) in [7, 11) is 5.36. The van der Waals surface area contributed by atoms with Crippen LogP contribution in [0.1, 0.15) is 37.3 Å². The van der Waals surface area contributed by atoms with Crippen LogP contribution in [0.15, 0.2) is 16.6 Å². The molecule has 2 atom stereocenters. The molecule has 1 saturated heterocycles. The third kappa shape index (κ3) is 4.11. The first-order valence-corrected chi connectivity index (χ1v) is 8.19. The number of ether oxygens (including phenoxy) is 3. The molecule has 0 aromatic heterocycles. The minimum absolute atomic E-state index is 0.228. The van der Waals surface area contributed by atoms with Crippen molar-refractivity contribution in [2.45, 2.75) is 37.8 Å². The van der Waals surface area contributed by atoms with Gasteiger partial charge in [-0.05, 0) is 60.8 Å². The van der Waals surface area contributed by atoms with Crippen LogP contribution in [0.5, 0.6) is 11.5 Å². The maximum atomic E-state index is 5.71. The molecular weight excluding hydrogens is 334 g/mol. The quantitative estimate of drug-likeness (QED) is 0.807. The Kier molecular flexibility index (Phi) is 6.33. The molecule has 0 saturated carbocycles. The van der Waals surface area contributed by atoms with Crippen molar-refractivity contribution in [1.29, 1.82) is 0 Å². The van der Waals surface area contributed by atoms with E-state index in [-0.39, 0.29) is 6.04 Å². The standard InChI is InChI=1S/C16H24BrNO3/c1-18-14(7-6-11-5-4-8-21-11)12-9-16(20-3)13(17)10-15(12)19-2/h9-11,14,18H,4-8H2,1-3H3. The summed E-state index contributed by atoms with van der Waals surface area (Å²) in [6.45, 7) is 0.907. The van der Waals surface area contributed by atoms with Gasteiger partial charge >= 0.3 is 0 Å². The first-order chi connectivity index (χ1) is 10.2. The lowest BCUT2D eigenvalue weighted by atomic mass is 9.98. The molecule has 1 aromatic carbocycles. The van der Waals surface area contributed by atoms with Crippen molar-refractivity contribution in [3.63, 3.8) is 0 Å². The zero-order chi connectivity index (χ0) is 15.2. The minimum atomic E-state index is 0.228. The van der Waals surface area contributed by atoms with Crippen molar-refractivity contribution < 1.29 is 14.2 Å². The molecule has 0 aliphatic carbocycles. The number of nitrogens with one attached hydrogen (secondary N) is 1. The van der Waals surface area contributed by atoms with E-state index in [1.165, 1.54) is 12.8 Å². The Balaban J connectivity index is 2.15. The number of halogens is 1. The van der Waals surface area contributed by atoms with Crippen molar-refractivity contribution >= 4 is 15.9 Å². The second-order valence-electron chi connectivity index (χ2n) is 5.28. The molecule has 0 radical (unpaired) electrons. The summed E-state index contributed by atoms with van der Waals surface area (Å²) in [4.78, 5) is 0. The fourth-order valence-electron chi connectivity index (χ4n) is 2.84. The number of benzene rings is 1. The molecule has 1 aliphatic heterocycles. The van der Waals surface area contributed by atoms with Gasteiger partial charge in [-0.2, -0.15) is 0 Å². The average molecular weight is 358 g/mol. The van der Waals surface area contributed by atoms with Gasteiger partial charge in [0.25, 0.3) is 0 Å². The van der Waals surface area contributed by atoms with Crippen molar-refractivity contribution in [2.24, 2.45) is 0 Å². The maximum Gasteiger partial charge on any atom is 0.133 e. The Morgan fingerprint density at radius 1 is 1.33 bits per heavy atom. The van der Waals surface area contributed by atoms with E-state index in [4.69, 9.17) is 14.2 Å². The predicted molar refractivity (Wildman–Crippen MR) is 87.3 cm³/mol. The van der Waals surface area contributed by atoms with Gasteiger partial charge in [0.2, 0.25) is 0 Å². The first kappa shape index (κ1) is 16.6. The summed E-state index contributed by atoms with van der Waals surface area (Å²) in [5, 5.41) is 3.38. The molecule has 0 bridgehead atoms. The summed E-state index contributed by atoms with van der Waals surface area (Å²) in [5.74, 6) is 1.69. The second-order valence-corrected chi connectivity index (χ2v) is 6.14. The Hall–Kier alpha value is -0.780. The molecule has 0 amide bonds. The average Bonchev–Trinajstić information content (AvgIpc) is 3.01. The fraction of sp³-hybridized carbons (Fsp3) is 0.625. The molecular formula is C16H24BrNO3. The van der Waals surface area contributed by atoms with Gasteiger partial charge in [-0.3, -0.25) is 0 Å². The van der Waals surface area contributed by atoms with E-state index in [1.807, 2.05) is 19.2 Å². The van der Waals surface area contributed by atoms with Crippen LogP contribution < -0.4 is 14.8 Å². The highest BCUT2D eigenvalue weighted by Gasteiger charge is 2.21. The van der Waals surface area contributed by atoms with Crippen LogP contribution in [0.2, 0.25) is 0 Å². The van der Waals surface area contributed by atoms with E-state index in [9.17, 15) is 0 Å². The van der Waals surface area contributed by atoms with Gasteiger partial charge in [0.05, 0.1) is 24.8 Å². The summed E-state index contributed by atoms with van der Waals surface area (Å²) in [6, 6.07) is 4.23. The van der Waals surface area contributed by atoms with Gasteiger partial charge in [0, 0.05) is 18.2 Å². The van der Waals surface area contributed by atoms with Crippen LogP contribution in [0.25, 0.3) is 0 Å². The van der Waals surface area contributed by atoms with Crippen LogP contribution in [-0.4, -0.2) is 34.0 Å². The van der Waals surface area contributed by atoms with Crippen molar-refractivity contribution in [2.75, 3.05) is 27.9 Å². The van der Waals surface area contributed by atoms with E-state index in [0.717, 1.165) is 41.0 Å². The molecule has 118 valence electrons. The largest absolute Gasteiger partial charge is 0.496 e. The molecule has 1 aromatic rings. The Morgan fingerprint density at radius 2 is 2.10 bits per heavy atom. The molecule has 21 heavy (non-hydrogen) atoms. The number of hydrogen-bond acceptors (Lipinski definition) is 4. The van der Waals surface area contributed by atoms with Gasteiger partial charge in [0.1, 0.15) is 11.5 Å². The Labute approximate surface area is 135 Å². The molecule has 4 nitrogen and oxygen atoms in total. The van der Waals surface area contributed by atoms with E-state index in [0.29, 0.717) is 6.10 Å². The topological polar surface area (TPSA) is 39.7 Å². The molecule has 1 aliphatic rings. The van der Waals surface area contributed by atoms with Crippen LogP contribution in [-0.2, 0) is 4.74 Å². The zero-order valence-corrected chi connectivity index (χ0v) is 14.5. The normalized spacial score (nSPS) is 19.5. The summed E-state index contributed by atoms with van der Waals surface area (Å²) in [6.07, 6.45) is 4.85. The molecule has 2 rings (SSSR count). The van der Waals surface area contributed by atoms with Crippen LogP contribution in [0.4, 0.5) is 0 Å². The zero-order valence-electron chi connectivity index (χ0n) is 12.9. The lowest BCUT2D eigenvalue weighted by molar-refractivity contribution is 0.0997. The van der Waals surface area contributed by atoms with Crippen LogP contribution in [0.3, 0.4) is 0 Å². The number of hydrogen-bond donors (Lipinski definition) is 1. The molecule has 2 unspecified atom stereocenters. The molecule has 0 spiro atoms. The first-order valence-electron chi connectivity index (χ1n) is 7.39. The molecule has 1 fully saturated rings. The lowest BCUT2D eigenvalue weighted by Gasteiger charge is -2.22. The molecule has 1 heterocycles. The van der Waals surface area contributed by atoms with E-state index >= 15 is 0 Å². The molecule has 1 N–H and O–H groups in total. The highest BCUT2D eigenvalue weighted by Crippen LogP contribution is 2.37. The Morgan fingerprint density at radius 3 is 2.67 bits per heavy atom. The van der Waals surface area contributed by atoms with E-state index < -0.39 is 0 Å². The summed E-state index contributed by atoms with van der Waals surface area (Å²) in [5.41, 5.74) is 1.12. The molecule has 5 heteroatoms. The van der Waals surface area contributed by atoms with Crippen LogP contribution in [0, 0.1) is 0 Å². The monoisotopic (exact) mass is 357 g/mol. The van der Waals surface area contributed by atoms with Gasteiger partial charge in [-0.1, -0.05) is 0 Å². The van der Waals surface area contributed by atoms with E-state index in [2.05, 4.69) is 21.2 Å². The predicted octanol–water partition coefficient (Wildman–Crippen LogP) is 3.69. The minimum Gasteiger partial charge on any atom is -0.496 e. The number of rotatable bonds is 7. The van der Waals surface area contributed by atoms with Crippen molar-refractivity contribution in [3.8, 4) is 11.5 Å². The Bertz CT molecular complexity index is 461. The third-order valence-electron chi connectivity index (χ3n) is 4.03. The SMILES string of the molecule is CNC(CCC1CCCO1)c1cc(OC)c(Br)cc1OC. The third-order valence-corrected chi connectivity index (χ3v) is 4.65. The van der Waals surface area contributed by atoms with Crippen molar-refractivity contribution in [3.05, 3.63) is 22.2 Å². The summed E-state index contributed by atoms with van der Waals surface area (Å²) >= 11 is 3.50. The van der Waals surface area contributed by atoms with Gasteiger partial charge < -0.3 is 19.5 Å². The smallest absolute Gasteiger partial charge is 0.133 e.